The normalized spacial score (nSPS) is 24.3. The van der Waals surface area contributed by atoms with Crippen LogP contribution in [0.1, 0.15) is 40.0 Å². The van der Waals surface area contributed by atoms with Crippen molar-refractivity contribution < 1.29 is 9.16 Å². The lowest BCUT2D eigenvalue weighted by atomic mass is 10.1. The Hall–Kier alpha value is -0.173. The van der Waals surface area contributed by atoms with Crippen LogP contribution in [0.25, 0.3) is 0 Å². The molecule has 1 saturated carbocycles. The molecule has 0 heterocycles. The summed E-state index contributed by atoms with van der Waals surface area (Å²) in [4.78, 5) is 0. The van der Waals surface area contributed by atoms with Crippen LogP contribution in [0, 0.1) is 5.92 Å². The molecule has 1 aliphatic carbocycles. The van der Waals surface area contributed by atoms with Crippen LogP contribution < -0.4 is 11.3 Å². The van der Waals surface area contributed by atoms with Crippen LogP contribution in [-0.4, -0.2) is 26.2 Å². The second kappa shape index (κ2) is 6.52. The molecule has 1 fully saturated rings. The molecule has 2 atom stereocenters. The van der Waals surface area contributed by atoms with Gasteiger partial charge in [0, 0.05) is 6.10 Å². The summed E-state index contributed by atoms with van der Waals surface area (Å²) in [6.45, 7) is 12.1. The Morgan fingerprint density at radius 3 is 2.53 bits per heavy atom. The zero-order valence-electron chi connectivity index (χ0n) is 12.8. The molecular weight excluding hydrogens is 276 g/mol. The van der Waals surface area contributed by atoms with Crippen molar-refractivity contribution in [2.75, 3.05) is 6.61 Å². The van der Waals surface area contributed by atoms with Crippen molar-refractivity contribution in [1.82, 2.24) is 5.43 Å². The van der Waals surface area contributed by atoms with Crippen molar-refractivity contribution in [3.63, 3.8) is 0 Å². The van der Waals surface area contributed by atoms with Crippen LogP contribution >= 0.6 is 12.2 Å². The molecule has 2 unspecified atom stereocenters. The van der Waals surface area contributed by atoms with E-state index in [4.69, 9.17) is 27.2 Å². The van der Waals surface area contributed by atoms with E-state index in [2.05, 4.69) is 39.3 Å². The van der Waals surface area contributed by atoms with Gasteiger partial charge < -0.3 is 9.16 Å². The zero-order chi connectivity index (χ0) is 14.7. The van der Waals surface area contributed by atoms with Crippen molar-refractivity contribution in [3.05, 3.63) is 0 Å². The van der Waals surface area contributed by atoms with Gasteiger partial charge in [-0.05, 0) is 55.5 Å². The summed E-state index contributed by atoms with van der Waals surface area (Å²) in [5, 5.41) is 0.542. The van der Waals surface area contributed by atoms with E-state index >= 15 is 0 Å². The van der Waals surface area contributed by atoms with Crippen LogP contribution in [0.3, 0.4) is 0 Å². The van der Waals surface area contributed by atoms with E-state index in [-0.39, 0.29) is 10.2 Å². The lowest BCUT2D eigenvalue weighted by Crippen LogP contribution is -2.43. The number of nitrogens with one attached hydrogen (secondary N) is 1. The highest BCUT2D eigenvalue weighted by molar-refractivity contribution is 7.80. The van der Waals surface area contributed by atoms with Gasteiger partial charge in [0.2, 0.25) is 0 Å². The third-order valence-corrected chi connectivity index (χ3v) is 9.10. The lowest BCUT2D eigenvalue weighted by molar-refractivity contribution is 0.170. The van der Waals surface area contributed by atoms with Gasteiger partial charge in [-0.15, -0.1) is 0 Å². The Morgan fingerprint density at radius 2 is 2.00 bits per heavy atom. The van der Waals surface area contributed by atoms with E-state index in [1.807, 2.05) is 0 Å². The number of rotatable bonds is 4. The van der Waals surface area contributed by atoms with Crippen LogP contribution in [0.4, 0.5) is 0 Å². The third kappa shape index (κ3) is 5.02. The van der Waals surface area contributed by atoms with Gasteiger partial charge in [0.05, 0.1) is 6.61 Å². The van der Waals surface area contributed by atoms with Gasteiger partial charge in [-0.25, -0.2) is 5.84 Å². The van der Waals surface area contributed by atoms with Crippen molar-refractivity contribution in [2.24, 2.45) is 11.8 Å². The molecule has 0 spiro atoms. The predicted octanol–water partition coefficient (Wildman–Crippen LogP) is 2.94. The Bertz CT molecular complexity index is 318. The van der Waals surface area contributed by atoms with Gasteiger partial charge in [-0.1, -0.05) is 20.8 Å². The molecular formula is C13H28N2O2SSi. The first-order chi connectivity index (χ1) is 8.65. The molecule has 6 heteroatoms. The van der Waals surface area contributed by atoms with Crippen LogP contribution in [0.15, 0.2) is 0 Å². The summed E-state index contributed by atoms with van der Waals surface area (Å²) in [6.07, 6.45) is 3.73. The van der Waals surface area contributed by atoms with Gasteiger partial charge >= 0.3 is 0 Å². The molecule has 0 amide bonds. The highest BCUT2D eigenvalue weighted by atomic mass is 32.1. The van der Waals surface area contributed by atoms with Gasteiger partial charge in [0.1, 0.15) is 0 Å². The molecule has 19 heavy (non-hydrogen) atoms. The molecule has 0 aromatic rings. The highest BCUT2D eigenvalue weighted by Crippen LogP contribution is 2.40. The van der Waals surface area contributed by atoms with Crippen molar-refractivity contribution >= 4 is 25.7 Å². The molecule has 0 bridgehead atoms. The second-order valence-electron chi connectivity index (χ2n) is 6.92. The third-order valence-electron chi connectivity index (χ3n) is 4.33. The van der Waals surface area contributed by atoms with Crippen LogP contribution in [0.5, 0.6) is 0 Å². The number of thiocarbonyl (C=S) groups is 1. The molecule has 0 aliphatic heterocycles. The van der Waals surface area contributed by atoms with Crippen LogP contribution in [0.2, 0.25) is 18.1 Å². The van der Waals surface area contributed by atoms with Gasteiger partial charge in [0.15, 0.2) is 8.32 Å². The van der Waals surface area contributed by atoms with E-state index in [1.165, 1.54) is 0 Å². The molecule has 3 N–H and O–H groups in total. The molecule has 1 rings (SSSR count). The number of hydrogen-bond donors (Lipinski definition) is 2. The SMILES string of the molecule is CC(C)(C)[Si](C)(C)OC1CCC(COC(=S)NN)C1. The standard InChI is InChI=1S/C13H28N2O2SSi/c1-13(2,3)19(4,5)17-11-7-6-10(8-11)9-16-12(18)15-14/h10-11H,6-9,14H2,1-5H3,(H,15,18). The topological polar surface area (TPSA) is 56.5 Å². The molecule has 0 radical (unpaired) electrons. The molecule has 1 aliphatic rings. The number of ether oxygens (including phenoxy) is 1. The summed E-state index contributed by atoms with van der Waals surface area (Å²) in [5.41, 5.74) is 2.34. The molecule has 0 aromatic heterocycles. The predicted molar refractivity (Wildman–Crippen MR) is 85.3 cm³/mol. The monoisotopic (exact) mass is 304 g/mol. The fraction of sp³-hybridized carbons (Fsp3) is 0.923. The Labute approximate surface area is 123 Å². The first-order valence-electron chi connectivity index (χ1n) is 6.97. The largest absolute Gasteiger partial charge is 0.470 e. The maximum atomic E-state index is 6.44. The molecule has 0 saturated heterocycles. The Morgan fingerprint density at radius 1 is 1.37 bits per heavy atom. The highest BCUT2D eigenvalue weighted by Gasteiger charge is 2.40. The summed E-state index contributed by atoms with van der Waals surface area (Å²) in [6, 6.07) is 0. The first kappa shape index (κ1) is 16.9. The summed E-state index contributed by atoms with van der Waals surface area (Å²) in [7, 11) is -1.65. The second-order valence-corrected chi connectivity index (χ2v) is 12.0. The Kier molecular flexibility index (Phi) is 5.79. The van der Waals surface area contributed by atoms with Gasteiger partial charge in [0.25, 0.3) is 5.17 Å². The smallest absolute Gasteiger partial charge is 0.271 e. The number of hydrogen-bond acceptors (Lipinski definition) is 4. The summed E-state index contributed by atoms with van der Waals surface area (Å²) in [5.74, 6) is 5.71. The van der Waals surface area contributed by atoms with Crippen molar-refractivity contribution in [2.45, 2.75) is 64.3 Å². The van der Waals surface area contributed by atoms with E-state index < -0.39 is 8.32 Å². The fourth-order valence-corrected chi connectivity index (χ4v) is 3.59. The van der Waals surface area contributed by atoms with E-state index in [0.29, 0.717) is 18.6 Å². The number of nitrogens with two attached hydrogens (primary N) is 1. The fourth-order valence-electron chi connectivity index (χ4n) is 2.12. The first-order valence-corrected chi connectivity index (χ1v) is 10.3. The minimum atomic E-state index is -1.65. The average Bonchev–Trinajstić information content (AvgIpc) is 2.71. The average molecular weight is 305 g/mol. The minimum absolute atomic E-state index is 0.270. The summed E-state index contributed by atoms with van der Waals surface area (Å²) >= 11 is 4.87. The van der Waals surface area contributed by atoms with Crippen LogP contribution in [-0.2, 0) is 9.16 Å². The summed E-state index contributed by atoms with van der Waals surface area (Å²) < 4.78 is 11.8. The van der Waals surface area contributed by atoms with Gasteiger partial charge in [-0.3, -0.25) is 5.43 Å². The van der Waals surface area contributed by atoms with E-state index in [0.717, 1.165) is 19.3 Å². The quantitative estimate of drug-likeness (QED) is 0.362. The van der Waals surface area contributed by atoms with Crippen molar-refractivity contribution in [3.8, 4) is 0 Å². The lowest BCUT2D eigenvalue weighted by Gasteiger charge is -2.38. The van der Waals surface area contributed by atoms with E-state index in [1.54, 1.807) is 0 Å². The molecule has 4 nitrogen and oxygen atoms in total. The molecule has 0 aromatic carbocycles. The molecule has 112 valence electrons. The van der Waals surface area contributed by atoms with Crippen molar-refractivity contribution in [1.29, 1.82) is 0 Å². The zero-order valence-corrected chi connectivity index (χ0v) is 14.6. The maximum absolute atomic E-state index is 6.44. The number of hydrazine groups is 1. The Balaban J connectivity index is 2.38. The maximum Gasteiger partial charge on any atom is 0.271 e. The van der Waals surface area contributed by atoms with Gasteiger partial charge in [-0.2, -0.15) is 0 Å². The van der Waals surface area contributed by atoms with E-state index in [9.17, 15) is 0 Å². The minimum Gasteiger partial charge on any atom is -0.470 e.